The number of carbonyl (C=O) groups is 3. The van der Waals surface area contributed by atoms with Crippen molar-refractivity contribution in [3.05, 3.63) is 65.5 Å². The van der Waals surface area contributed by atoms with Crippen molar-refractivity contribution in [3.8, 4) is 0 Å². The molecule has 0 bridgehead atoms. The van der Waals surface area contributed by atoms with Crippen LogP contribution in [-0.4, -0.2) is 45.1 Å². The molecule has 4 rings (SSSR count). The first-order chi connectivity index (χ1) is 12.1. The zero-order valence-corrected chi connectivity index (χ0v) is 13.6. The number of pyridine rings is 1. The Labute approximate surface area is 145 Å². The first kappa shape index (κ1) is 15.5. The predicted octanol–water partition coefficient (Wildman–Crippen LogP) is 1.87. The Hall–Kier alpha value is -3.02. The molecule has 1 aliphatic heterocycles. The number of fused-ring (bicyclic) bond motifs is 1. The van der Waals surface area contributed by atoms with Crippen LogP contribution in [0.4, 0.5) is 0 Å². The zero-order chi connectivity index (χ0) is 17.4. The normalized spacial score (nSPS) is 16.1. The van der Waals surface area contributed by atoms with Crippen LogP contribution >= 0.6 is 0 Å². The number of nitrogens with zero attached hydrogens (tertiary/aromatic N) is 3. The van der Waals surface area contributed by atoms with E-state index in [0.29, 0.717) is 17.7 Å². The van der Waals surface area contributed by atoms with E-state index >= 15 is 0 Å². The largest absolute Gasteiger partial charge is 0.334 e. The Morgan fingerprint density at radius 2 is 1.76 bits per heavy atom. The fourth-order valence-corrected chi connectivity index (χ4v) is 3.10. The highest BCUT2D eigenvalue weighted by Crippen LogP contribution is 2.29. The van der Waals surface area contributed by atoms with Crippen LogP contribution < -0.4 is 0 Å². The van der Waals surface area contributed by atoms with Crippen LogP contribution in [0.5, 0.6) is 0 Å². The molecule has 2 aliphatic rings. The van der Waals surface area contributed by atoms with E-state index in [-0.39, 0.29) is 18.5 Å². The molecule has 126 valence electrons. The van der Waals surface area contributed by atoms with Crippen molar-refractivity contribution < 1.29 is 14.4 Å². The average molecular weight is 335 g/mol. The third-order valence-electron chi connectivity index (χ3n) is 4.56. The van der Waals surface area contributed by atoms with Crippen molar-refractivity contribution in [2.75, 3.05) is 6.54 Å². The topological polar surface area (TPSA) is 70.6 Å². The first-order valence-corrected chi connectivity index (χ1v) is 8.29. The van der Waals surface area contributed by atoms with Gasteiger partial charge in [0.25, 0.3) is 11.8 Å². The van der Waals surface area contributed by atoms with Gasteiger partial charge in [-0.15, -0.1) is 0 Å². The van der Waals surface area contributed by atoms with Crippen molar-refractivity contribution in [1.29, 1.82) is 0 Å². The smallest absolute Gasteiger partial charge is 0.262 e. The van der Waals surface area contributed by atoms with Crippen molar-refractivity contribution in [1.82, 2.24) is 14.8 Å². The summed E-state index contributed by atoms with van der Waals surface area (Å²) < 4.78 is 0. The highest BCUT2D eigenvalue weighted by Gasteiger charge is 2.39. The number of rotatable bonds is 5. The Bertz CT molecular complexity index is 811. The van der Waals surface area contributed by atoms with Gasteiger partial charge in [0.1, 0.15) is 6.54 Å². The molecule has 0 atom stereocenters. The van der Waals surface area contributed by atoms with E-state index in [9.17, 15) is 14.4 Å². The number of benzene rings is 1. The van der Waals surface area contributed by atoms with Gasteiger partial charge < -0.3 is 4.90 Å². The molecule has 1 aromatic heterocycles. The first-order valence-electron chi connectivity index (χ1n) is 8.29. The second kappa shape index (κ2) is 6.12. The molecule has 0 saturated heterocycles. The maximum Gasteiger partial charge on any atom is 0.262 e. The van der Waals surface area contributed by atoms with E-state index in [1.54, 1.807) is 41.6 Å². The summed E-state index contributed by atoms with van der Waals surface area (Å²) in [6.07, 6.45) is 5.32. The molecule has 1 saturated carbocycles. The van der Waals surface area contributed by atoms with Gasteiger partial charge in [-0.3, -0.25) is 24.3 Å². The van der Waals surface area contributed by atoms with Gasteiger partial charge in [-0.2, -0.15) is 0 Å². The van der Waals surface area contributed by atoms with E-state index in [2.05, 4.69) is 4.98 Å². The summed E-state index contributed by atoms with van der Waals surface area (Å²) in [6.45, 7) is 0.226. The zero-order valence-electron chi connectivity index (χ0n) is 13.6. The predicted molar refractivity (Wildman–Crippen MR) is 89.6 cm³/mol. The third-order valence-corrected chi connectivity index (χ3v) is 4.56. The molecule has 2 aromatic rings. The minimum Gasteiger partial charge on any atom is -0.334 e. The molecule has 0 unspecified atom stereocenters. The van der Waals surface area contributed by atoms with Gasteiger partial charge in [-0.1, -0.05) is 18.2 Å². The Morgan fingerprint density at radius 1 is 1.08 bits per heavy atom. The van der Waals surface area contributed by atoms with Crippen LogP contribution in [0.15, 0.2) is 48.8 Å². The van der Waals surface area contributed by atoms with Gasteiger partial charge in [-0.05, 0) is 36.6 Å². The second-order valence-electron chi connectivity index (χ2n) is 6.36. The molecule has 25 heavy (non-hydrogen) atoms. The number of hydrogen-bond acceptors (Lipinski definition) is 4. The van der Waals surface area contributed by atoms with Crippen LogP contribution in [-0.2, 0) is 11.3 Å². The number of amides is 3. The van der Waals surface area contributed by atoms with Crippen LogP contribution in [0.2, 0.25) is 0 Å². The second-order valence-corrected chi connectivity index (χ2v) is 6.36. The van der Waals surface area contributed by atoms with E-state index in [1.165, 1.54) is 0 Å². The summed E-state index contributed by atoms with van der Waals surface area (Å²) in [4.78, 5) is 44.5. The molecule has 3 amide bonds. The van der Waals surface area contributed by atoms with Crippen molar-refractivity contribution in [2.45, 2.75) is 25.4 Å². The minimum atomic E-state index is -0.397. The van der Waals surface area contributed by atoms with Crippen LogP contribution in [0.25, 0.3) is 0 Å². The van der Waals surface area contributed by atoms with E-state index in [1.807, 2.05) is 12.1 Å². The fourth-order valence-electron chi connectivity index (χ4n) is 3.10. The van der Waals surface area contributed by atoms with E-state index < -0.39 is 11.8 Å². The lowest BCUT2D eigenvalue weighted by atomic mass is 10.1. The van der Waals surface area contributed by atoms with Gasteiger partial charge in [-0.25, -0.2) is 0 Å². The van der Waals surface area contributed by atoms with Crippen LogP contribution in [0, 0.1) is 0 Å². The summed E-state index contributed by atoms with van der Waals surface area (Å²) in [5, 5.41) is 0. The van der Waals surface area contributed by atoms with E-state index in [4.69, 9.17) is 0 Å². The molecule has 0 radical (unpaired) electrons. The van der Waals surface area contributed by atoms with Crippen molar-refractivity contribution >= 4 is 17.7 Å². The maximum atomic E-state index is 12.8. The third kappa shape index (κ3) is 2.91. The van der Waals surface area contributed by atoms with Gasteiger partial charge in [0.05, 0.1) is 11.1 Å². The average Bonchev–Trinajstić information content (AvgIpc) is 3.45. The van der Waals surface area contributed by atoms with E-state index in [0.717, 1.165) is 23.3 Å². The van der Waals surface area contributed by atoms with Gasteiger partial charge in [0.15, 0.2) is 0 Å². The van der Waals surface area contributed by atoms with Crippen molar-refractivity contribution in [3.63, 3.8) is 0 Å². The SMILES string of the molecule is O=C1c2ccccc2C(=O)N1CC(=O)N(Cc1cccnc1)C1CC1. The summed E-state index contributed by atoms with van der Waals surface area (Å²) >= 11 is 0. The van der Waals surface area contributed by atoms with Crippen molar-refractivity contribution in [2.24, 2.45) is 0 Å². The molecule has 0 N–H and O–H groups in total. The number of carbonyl (C=O) groups excluding carboxylic acids is 3. The molecular weight excluding hydrogens is 318 g/mol. The monoisotopic (exact) mass is 335 g/mol. The summed E-state index contributed by atoms with van der Waals surface area (Å²) in [7, 11) is 0. The Balaban J connectivity index is 1.51. The van der Waals surface area contributed by atoms with Crippen LogP contribution in [0.1, 0.15) is 39.1 Å². The molecule has 2 heterocycles. The Kier molecular flexibility index (Phi) is 3.80. The molecule has 1 fully saturated rings. The standard InChI is InChI=1S/C19H17N3O3/c23-17(21(14-7-8-14)11-13-4-3-9-20-10-13)12-22-18(24)15-5-1-2-6-16(15)19(22)25/h1-6,9-10,14H,7-8,11-12H2. The van der Waals surface area contributed by atoms with Gasteiger partial charge in [0.2, 0.25) is 5.91 Å². The maximum absolute atomic E-state index is 12.8. The number of hydrogen-bond donors (Lipinski definition) is 0. The lowest BCUT2D eigenvalue weighted by Gasteiger charge is -2.24. The molecule has 6 nitrogen and oxygen atoms in total. The summed E-state index contributed by atoms with van der Waals surface area (Å²) in [5.41, 5.74) is 1.67. The Morgan fingerprint density at radius 3 is 2.32 bits per heavy atom. The van der Waals surface area contributed by atoms with Gasteiger partial charge in [0, 0.05) is 25.0 Å². The molecule has 6 heteroatoms. The molecule has 1 aromatic carbocycles. The number of aromatic nitrogens is 1. The highest BCUT2D eigenvalue weighted by molar-refractivity contribution is 6.22. The molecule has 1 aliphatic carbocycles. The van der Waals surface area contributed by atoms with Gasteiger partial charge >= 0.3 is 0 Å². The quantitative estimate of drug-likeness (QED) is 0.782. The lowest BCUT2D eigenvalue weighted by Crippen LogP contribution is -2.43. The summed E-state index contributed by atoms with van der Waals surface area (Å²) in [6, 6.07) is 10.6. The lowest BCUT2D eigenvalue weighted by molar-refractivity contribution is -0.132. The highest BCUT2D eigenvalue weighted by atomic mass is 16.2. The molecule has 0 spiro atoms. The summed E-state index contributed by atoms with van der Waals surface area (Å²) in [5.74, 6) is -1.00. The minimum absolute atomic E-state index is 0.183. The molecular formula is C19H17N3O3. The number of imide groups is 1. The van der Waals surface area contributed by atoms with Crippen LogP contribution in [0.3, 0.4) is 0 Å². The fraction of sp³-hybridized carbons (Fsp3) is 0.263.